The zero-order chi connectivity index (χ0) is 24.2. The van der Waals surface area contributed by atoms with Gasteiger partial charge in [0.1, 0.15) is 5.65 Å². The molecule has 178 valence electrons. The van der Waals surface area contributed by atoms with Gasteiger partial charge in [0.15, 0.2) is 0 Å². The van der Waals surface area contributed by atoms with Crippen molar-refractivity contribution >= 4 is 17.1 Å². The van der Waals surface area contributed by atoms with Crippen LogP contribution in [0, 0.1) is 25.8 Å². The van der Waals surface area contributed by atoms with E-state index in [1.807, 2.05) is 31.4 Å². The summed E-state index contributed by atoms with van der Waals surface area (Å²) in [5.74, 6) is 0.513. The first-order valence-electron chi connectivity index (χ1n) is 12.4. The third-order valence-electron chi connectivity index (χ3n) is 7.03. The van der Waals surface area contributed by atoms with Gasteiger partial charge in [0, 0.05) is 31.2 Å². The zero-order valence-electron chi connectivity index (χ0n) is 20.9. The fourth-order valence-electron chi connectivity index (χ4n) is 4.94. The van der Waals surface area contributed by atoms with Gasteiger partial charge in [-0.3, -0.25) is 4.79 Å². The summed E-state index contributed by atoms with van der Waals surface area (Å²) in [7, 11) is 0. The first-order valence-corrected chi connectivity index (χ1v) is 12.4. The van der Waals surface area contributed by atoms with Crippen LogP contribution >= 0.6 is 0 Å². The van der Waals surface area contributed by atoms with E-state index in [9.17, 15) is 4.79 Å². The zero-order valence-corrected chi connectivity index (χ0v) is 20.9. The average molecular weight is 457 g/mol. The third-order valence-corrected chi connectivity index (χ3v) is 7.03. The molecular weight excluding hydrogens is 420 g/mol. The molecule has 5 nitrogen and oxygen atoms in total. The Balaban J connectivity index is 1.50. The van der Waals surface area contributed by atoms with Gasteiger partial charge in [-0.2, -0.15) is 0 Å². The lowest BCUT2D eigenvalue weighted by molar-refractivity contribution is -0.124. The van der Waals surface area contributed by atoms with Crippen molar-refractivity contribution in [3.63, 3.8) is 0 Å². The van der Waals surface area contributed by atoms with Crippen LogP contribution in [0.2, 0.25) is 0 Å². The summed E-state index contributed by atoms with van der Waals surface area (Å²) in [4.78, 5) is 22.3. The van der Waals surface area contributed by atoms with Crippen molar-refractivity contribution in [2.45, 2.75) is 53.0 Å². The van der Waals surface area contributed by atoms with E-state index in [1.165, 1.54) is 11.1 Å². The Morgan fingerprint density at radius 3 is 2.74 bits per heavy atom. The summed E-state index contributed by atoms with van der Waals surface area (Å²) in [6, 6.07) is 2.20. The summed E-state index contributed by atoms with van der Waals surface area (Å²) in [6.07, 6.45) is 19.1. The molecule has 1 saturated heterocycles. The molecule has 0 saturated carbocycles. The minimum absolute atomic E-state index is 0.0253. The number of aromatic nitrogens is 2. The topological polar surface area (TPSA) is 40.8 Å². The van der Waals surface area contributed by atoms with Crippen LogP contribution in [0.5, 0.6) is 0 Å². The standard InChI is InChI=1S/C29H36N4O/c1-6-8-13-31-14-11-25(12-15-31)26-10-9-23(5)33(20-26)28(34)16-21(3)27-17-24(7-2)29-30-22(4)18-32(29)19-27/h1,6,8-10,16-20,23,25H,7,11-15H2,2-5H3/b6-1?,21-16+. The number of hydrogen-bond donors (Lipinski definition) is 0. The monoisotopic (exact) mass is 456 g/mol. The Bertz CT molecular complexity index is 1140. The van der Waals surface area contributed by atoms with Crippen LogP contribution in [0.1, 0.15) is 50.4 Å². The lowest BCUT2D eigenvalue weighted by Crippen LogP contribution is -2.37. The maximum atomic E-state index is 13.3. The number of rotatable bonds is 7. The molecule has 2 aromatic heterocycles. The smallest absolute Gasteiger partial charge is 0.251 e. The lowest BCUT2D eigenvalue weighted by atomic mass is 9.87. The molecule has 1 unspecified atom stereocenters. The third kappa shape index (κ3) is 5.25. The fourth-order valence-corrected chi connectivity index (χ4v) is 4.94. The summed E-state index contributed by atoms with van der Waals surface area (Å²) < 4.78 is 2.07. The quantitative estimate of drug-likeness (QED) is 0.539. The van der Waals surface area contributed by atoms with Crippen molar-refractivity contribution in [3.8, 4) is 0 Å². The Kier molecular flexibility index (Phi) is 7.52. The van der Waals surface area contributed by atoms with Crippen LogP contribution in [0.25, 0.3) is 11.2 Å². The highest BCUT2D eigenvalue weighted by molar-refractivity contribution is 5.96. The summed E-state index contributed by atoms with van der Waals surface area (Å²) in [5, 5.41) is 0. The van der Waals surface area contributed by atoms with Crippen molar-refractivity contribution in [1.82, 2.24) is 19.2 Å². The van der Waals surface area contributed by atoms with E-state index in [2.05, 4.69) is 58.7 Å². The maximum absolute atomic E-state index is 13.3. The molecule has 1 atom stereocenters. The molecular formula is C29H36N4O. The van der Waals surface area contributed by atoms with E-state index in [4.69, 9.17) is 6.58 Å². The molecule has 0 aromatic carbocycles. The van der Waals surface area contributed by atoms with Crippen molar-refractivity contribution in [1.29, 1.82) is 0 Å². The number of aryl methyl sites for hydroxylation is 2. The van der Waals surface area contributed by atoms with E-state index < -0.39 is 0 Å². The number of hydrogen-bond acceptors (Lipinski definition) is 3. The average Bonchev–Trinajstić information content (AvgIpc) is 3.22. The normalized spacial score (nSPS) is 20.1. The fraction of sp³-hybridized carbons (Fsp3) is 0.414. The molecule has 5 heteroatoms. The molecule has 0 aliphatic carbocycles. The summed E-state index contributed by atoms with van der Waals surface area (Å²) in [6.45, 7) is 16.7. The molecule has 0 N–H and O–H groups in total. The Labute approximate surface area is 204 Å². The van der Waals surface area contributed by atoms with Crippen LogP contribution in [0.4, 0.5) is 0 Å². The molecule has 0 spiro atoms. The van der Waals surface area contributed by atoms with Crippen LogP contribution < -0.4 is 0 Å². The highest BCUT2D eigenvalue weighted by Crippen LogP contribution is 2.29. The Morgan fingerprint density at radius 1 is 1.26 bits per heavy atom. The number of amides is 1. The van der Waals surface area contributed by atoms with Crippen molar-refractivity contribution in [2.24, 2.45) is 5.92 Å². The minimum atomic E-state index is 0.0253. The largest absolute Gasteiger partial charge is 0.309 e. The number of piperidine rings is 1. The van der Waals surface area contributed by atoms with E-state index in [1.54, 1.807) is 12.2 Å². The number of pyridine rings is 1. The molecule has 1 amide bonds. The van der Waals surface area contributed by atoms with Crippen LogP contribution in [-0.2, 0) is 11.2 Å². The molecule has 34 heavy (non-hydrogen) atoms. The van der Waals surface area contributed by atoms with Crippen LogP contribution in [-0.4, -0.2) is 50.8 Å². The van der Waals surface area contributed by atoms with Crippen molar-refractivity contribution in [2.75, 3.05) is 19.6 Å². The van der Waals surface area contributed by atoms with Crippen LogP contribution in [0.15, 0.2) is 54.5 Å². The number of fused-ring (bicyclic) bond motifs is 1. The van der Waals surface area contributed by atoms with Gasteiger partial charge >= 0.3 is 0 Å². The Morgan fingerprint density at radius 2 is 2.03 bits per heavy atom. The van der Waals surface area contributed by atoms with Crippen molar-refractivity contribution in [3.05, 3.63) is 84.4 Å². The predicted molar refractivity (Wildman–Crippen MR) is 139 cm³/mol. The van der Waals surface area contributed by atoms with E-state index >= 15 is 0 Å². The number of nitrogens with zero attached hydrogens (tertiary/aromatic N) is 4. The molecule has 2 aromatic rings. The highest BCUT2D eigenvalue weighted by Gasteiger charge is 2.25. The van der Waals surface area contributed by atoms with Gasteiger partial charge in [-0.15, -0.1) is 0 Å². The number of carbonyl (C=O) groups is 1. The van der Waals surface area contributed by atoms with Crippen molar-refractivity contribution < 1.29 is 4.79 Å². The second kappa shape index (κ2) is 10.6. The van der Waals surface area contributed by atoms with Gasteiger partial charge in [-0.1, -0.05) is 31.7 Å². The first kappa shape index (κ1) is 24.2. The number of carbonyl (C=O) groups excluding carboxylic acids is 1. The SMILES string of the molecule is [CH]=C[CH]CN1CCC(C2=CN(C(=O)/C=C(\C)c3cc(CC)c4nc(C)cn4c3)C(C)C=C2)CC1. The molecule has 0 bridgehead atoms. The molecule has 2 aliphatic heterocycles. The number of imidazole rings is 1. The second-order valence-electron chi connectivity index (χ2n) is 9.53. The van der Waals surface area contributed by atoms with Gasteiger partial charge in [0.25, 0.3) is 5.91 Å². The predicted octanol–water partition coefficient (Wildman–Crippen LogP) is 5.18. The highest BCUT2D eigenvalue weighted by atomic mass is 16.2. The number of allylic oxidation sites excluding steroid dienone is 3. The molecule has 4 rings (SSSR count). The Hall–Kier alpha value is -2.92. The van der Waals surface area contributed by atoms with Gasteiger partial charge < -0.3 is 14.2 Å². The van der Waals surface area contributed by atoms with E-state index in [-0.39, 0.29) is 11.9 Å². The first-order chi connectivity index (χ1) is 16.4. The minimum Gasteiger partial charge on any atom is -0.309 e. The molecule has 2 radical (unpaired) electrons. The van der Waals surface area contributed by atoms with E-state index in [0.29, 0.717) is 5.92 Å². The van der Waals surface area contributed by atoms with Gasteiger partial charge in [-0.25, -0.2) is 4.98 Å². The summed E-state index contributed by atoms with van der Waals surface area (Å²) >= 11 is 0. The van der Waals surface area contributed by atoms with E-state index in [0.717, 1.165) is 61.4 Å². The lowest BCUT2D eigenvalue weighted by Gasteiger charge is -2.35. The maximum Gasteiger partial charge on any atom is 0.251 e. The van der Waals surface area contributed by atoms with Crippen LogP contribution in [0.3, 0.4) is 0 Å². The van der Waals surface area contributed by atoms with Gasteiger partial charge in [0.2, 0.25) is 0 Å². The van der Waals surface area contributed by atoms with Gasteiger partial charge in [0.05, 0.1) is 11.7 Å². The summed E-state index contributed by atoms with van der Waals surface area (Å²) in [5.41, 5.74) is 6.46. The number of likely N-dealkylation sites (tertiary alicyclic amines) is 1. The van der Waals surface area contributed by atoms with Gasteiger partial charge in [-0.05, 0) is 93.8 Å². The molecule has 4 heterocycles. The molecule has 2 aliphatic rings. The molecule has 1 fully saturated rings. The second-order valence-corrected chi connectivity index (χ2v) is 9.53.